The molecule has 0 bridgehead atoms. The zero-order valence-electron chi connectivity index (χ0n) is 9.01. The third-order valence-electron chi connectivity index (χ3n) is 2.76. The molecule has 0 aromatic rings. The summed E-state index contributed by atoms with van der Waals surface area (Å²) in [4.78, 5) is 12.4. The molecule has 1 saturated heterocycles. The fraction of sp³-hybridized carbons (Fsp3) is 0.700. The predicted molar refractivity (Wildman–Crippen MR) is 51.8 cm³/mol. The molecule has 1 fully saturated rings. The largest absolute Gasteiger partial charge is 0.419 e. The van der Waals surface area contributed by atoms with Gasteiger partial charge in [-0.25, -0.2) is 0 Å². The van der Waals surface area contributed by atoms with Gasteiger partial charge in [0, 0.05) is 6.54 Å². The van der Waals surface area contributed by atoms with Crippen molar-refractivity contribution >= 4 is 5.91 Å². The number of hydrogen-bond donors (Lipinski definition) is 0. The van der Waals surface area contributed by atoms with E-state index in [0.29, 0.717) is 0 Å². The van der Waals surface area contributed by atoms with Crippen molar-refractivity contribution in [3.05, 3.63) is 12.7 Å². The van der Waals surface area contributed by atoms with Crippen LogP contribution in [0.4, 0.5) is 13.2 Å². The summed E-state index contributed by atoms with van der Waals surface area (Å²) in [6.07, 6.45) is -3.67. The lowest BCUT2D eigenvalue weighted by atomic mass is 9.97. The first-order valence-electron chi connectivity index (χ1n) is 4.98. The predicted octanol–water partition coefficient (Wildman–Crippen LogP) is 1.74. The summed E-state index contributed by atoms with van der Waals surface area (Å²) in [7, 11) is 0. The lowest BCUT2D eigenvalue weighted by Gasteiger charge is -2.42. The van der Waals surface area contributed by atoms with Crippen molar-refractivity contribution in [2.45, 2.75) is 25.1 Å². The average molecular weight is 237 g/mol. The Balaban J connectivity index is 2.89. The van der Waals surface area contributed by atoms with E-state index < -0.39 is 24.2 Å². The van der Waals surface area contributed by atoms with Crippen LogP contribution < -0.4 is 0 Å². The summed E-state index contributed by atoms with van der Waals surface area (Å²) >= 11 is 0. The van der Waals surface area contributed by atoms with E-state index in [0.717, 1.165) is 11.0 Å². The maximum atomic E-state index is 12.8. The molecule has 1 rings (SSSR count). The topological polar surface area (TPSA) is 29.5 Å². The Bertz CT molecular complexity index is 290. The molecule has 0 aromatic carbocycles. The highest BCUT2D eigenvalue weighted by Gasteiger charge is 2.57. The van der Waals surface area contributed by atoms with Gasteiger partial charge in [0.05, 0.1) is 13.2 Å². The third kappa shape index (κ3) is 2.21. The Hall–Kier alpha value is -1.04. The van der Waals surface area contributed by atoms with Crippen molar-refractivity contribution in [3.63, 3.8) is 0 Å². The summed E-state index contributed by atoms with van der Waals surface area (Å²) in [5.74, 6) is -0.495. The lowest BCUT2D eigenvalue weighted by molar-refractivity contribution is -0.294. The molecule has 0 N–H and O–H groups in total. The van der Waals surface area contributed by atoms with Crippen molar-refractivity contribution in [1.82, 2.24) is 4.90 Å². The normalized spacial score (nSPS) is 26.6. The second-order valence-electron chi connectivity index (χ2n) is 3.66. The third-order valence-corrected chi connectivity index (χ3v) is 2.76. The monoisotopic (exact) mass is 237 g/mol. The molecule has 0 aliphatic carbocycles. The maximum Gasteiger partial charge on any atom is 0.419 e. The van der Waals surface area contributed by atoms with Crippen molar-refractivity contribution in [3.8, 4) is 0 Å². The molecule has 1 amide bonds. The molecule has 0 spiro atoms. The molecule has 0 radical (unpaired) electrons. The SMILES string of the molecule is C=CC(=O)N1CCOC(CC)(C(F)(F)F)C1. The number of morpholine rings is 1. The fourth-order valence-electron chi connectivity index (χ4n) is 1.69. The van der Waals surface area contributed by atoms with E-state index in [4.69, 9.17) is 4.74 Å². The van der Waals surface area contributed by atoms with Gasteiger partial charge in [-0.05, 0) is 12.5 Å². The van der Waals surface area contributed by atoms with Gasteiger partial charge in [0.25, 0.3) is 0 Å². The number of ether oxygens (including phenoxy) is 1. The van der Waals surface area contributed by atoms with Gasteiger partial charge in [-0.15, -0.1) is 0 Å². The van der Waals surface area contributed by atoms with Gasteiger partial charge < -0.3 is 9.64 Å². The average Bonchev–Trinajstić information content (AvgIpc) is 2.26. The van der Waals surface area contributed by atoms with Crippen LogP contribution in [-0.4, -0.2) is 42.3 Å². The number of alkyl halides is 3. The molecule has 16 heavy (non-hydrogen) atoms. The first-order valence-corrected chi connectivity index (χ1v) is 4.98. The summed E-state index contributed by atoms with van der Waals surface area (Å²) in [6.45, 7) is 4.26. The van der Waals surface area contributed by atoms with Crippen molar-refractivity contribution in [2.24, 2.45) is 0 Å². The van der Waals surface area contributed by atoms with Crippen molar-refractivity contribution < 1.29 is 22.7 Å². The minimum atomic E-state index is -4.47. The molecule has 6 heteroatoms. The highest BCUT2D eigenvalue weighted by atomic mass is 19.4. The second-order valence-corrected chi connectivity index (χ2v) is 3.66. The molecule has 1 heterocycles. The minimum absolute atomic E-state index is 0.104. The lowest BCUT2D eigenvalue weighted by Crippen LogP contribution is -2.60. The smallest absolute Gasteiger partial charge is 0.362 e. The second kappa shape index (κ2) is 4.45. The van der Waals surface area contributed by atoms with Crippen LogP contribution in [0.1, 0.15) is 13.3 Å². The van der Waals surface area contributed by atoms with Gasteiger partial charge >= 0.3 is 6.18 Å². The molecule has 1 aliphatic rings. The van der Waals surface area contributed by atoms with E-state index in [1.165, 1.54) is 6.92 Å². The quantitative estimate of drug-likeness (QED) is 0.685. The van der Waals surface area contributed by atoms with E-state index in [1.54, 1.807) is 0 Å². The standard InChI is InChI=1S/C10H14F3NO2/c1-3-8(15)14-5-6-16-9(4-2,7-14)10(11,12)13/h3H,1,4-7H2,2H3. The fourth-order valence-corrected chi connectivity index (χ4v) is 1.69. The van der Waals surface area contributed by atoms with Gasteiger partial charge in [-0.1, -0.05) is 13.5 Å². The van der Waals surface area contributed by atoms with E-state index in [9.17, 15) is 18.0 Å². The van der Waals surface area contributed by atoms with E-state index >= 15 is 0 Å². The van der Waals surface area contributed by atoms with Gasteiger partial charge in [-0.3, -0.25) is 4.79 Å². The van der Waals surface area contributed by atoms with Gasteiger partial charge in [0.15, 0.2) is 5.60 Å². The molecule has 1 aliphatic heterocycles. The highest BCUT2D eigenvalue weighted by molar-refractivity contribution is 5.87. The number of amides is 1. The van der Waals surface area contributed by atoms with Crippen LogP contribution in [0.2, 0.25) is 0 Å². The molecule has 0 saturated carbocycles. The molecule has 1 unspecified atom stereocenters. The number of hydrogen-bond acceptors (Lipinski definition) is 2. The minimum Gasteiger partial charge on any atom is -0.362 e. The van der Waals surface area contributed by atoms with Crippen LogP contribution in [0.3, 0.4) is 0 Å². The van der Waals surface area contributed by atoms with Crippen LogP contribution in [0.25, 0.3) is 0 Å². The number of halogens is 3. The first kappa shape index (κ1) is 13.0. The molecule has 1 atom stereocenters. The van der Waals surface area contributed by atoms with E-state index in [-0.39, 0.29) is 19.6 Å². The highest BCUT2D eigenvalue weighted by Crippen LogP contribution is 2.38. The summed E-state index contributed by atoms with van der Waals surface area (Å²) in [5.41, 5.74) is -2.23. The molecule has 0 aromatic heterocycles. The van der Waals surface area contributed by atoms with Crippen LogP contribution in [0.15, 0.2) is 12.7 Å². The Morgan fingerprint density at radius 3 is 2.69 bits per heavy atom. The number of nitrogens with zero attached hydrogens (tertiary/aromatic N) is 1. The van der Waals surface area contributed by atoms with Gasteiger partial charge in [0.1, 0.15) is 0 Å². The van der Waals surface area contributed by atoms with Crippen LogP contribution in [-0.2, 0) is 9.53 Å². The number of carbonyl (C=O) groups is 1. The molecule has 92 valence electrons. The maximum absolute atomic E-state index is 12.8. The van der Waals surface area contributed by atoms with Crippen LogP contribution >= 0.6 is 0 Å². The Labute approximate surface area is 91.9 Å². The van der Waals surface area contributed by atoms with Gasteiger partial charge in [0.2, 0.25) is 5.91 Å². The van der Waals surface area contributed by atoms with E-state index in [2.05, 4.69) is 6.58 Å². The Kier molecular flexibility index (Phi) is 3.62. The number of rotatable bonds is 2. The molecular weight excluding hydrogens is 223 g/mol. The zero-order chi connectivity index (χ0) is 12.4. The zero-order valence-corrected chi connectivity index (χ0v) is 9.01. The van der Waals surface area contributed by atoms with Crippen LogP contribution in [0, 0.1) is 0 Å². The Morgan fingerprint density at radius 1 is 1.62 bits per heavy atom. The summed E-state index contributed by atoms with van der Waals surface area (Å²) < 4.78 is 43.4. The summed E-state index contributed by atoms with van der Waals surface area (Å²) in [6, 6.07) is 0. The summed E-state index contributed by atoms with van der Waals surface area (Å²) in [5, 5.41) is 0. The van der Waals surface area contributed by atoms with Crippen molar-refractivity contribution in [1.29, 1.82) is 0 Å². The van der Waals surface area contributed by atoms with Gasteiger partial charge in [-0.2, -0.15) is 13.2 Å². The van der Waals surface area contributed by atoms with Crippen LogP contribution in [0.5, 0.6) is 0 Å². The first-order chi connectivity index (χ1) is 7.36. The van der Waals surface area contributed by atoms with Crippen molar-refractivity contribution in [2.75, 3.05) is 19.7 Å². The molecular formula is C10H14F3NO2. The number of carbonyl (C=O) groups excluding carboxylic acids is 1. The Morgan fingerprint density at radius 2 is 2.25 bits per heavy atom. The van der Waals surface area contributed by atoms with E-state index in [1.807, 2.05) is 0 Å². The molecule has 3 nitrogen and oxygen atoms in total.